The summed E-state index contributed by atoms with van der Waals surface area (Å²) in [4.78, 5) is 0. The Kier molecular flexibility index (Phi) is 9.54. The third-order valence-corrected chi connectivity index (χ3v) is 13.5. The van der Waals surface area contributed by atoms with E-state index in [1.54, 1.807) is 0 Å². The molecule has 4 aromatic carbocycles. The van der Waals surface area contributed by atoms with E-state index in [1.807, 2.05) is 24.3 Å². The summed E-state index contributed by atoms with van der Waals surface area (Å²) in [6.45, 7) is 2.31. The van der Waals surface area contributed by atoms with Crippen LogP contribution in [-0.4, -0.2) is 17.8 Å². The highest BCUT2D eigenvalue weighted by molar-refractivity contribution is 7.76. The first-order valence-electron chi connectivity index (χ1n) is 12.6. The van der Waals surface area contributed by atoms with Crippen molar-refractivity contribution in [2.45, 2.75) is 13.0 Å². The van der Waals surface area contributed by atoms with Crippen LogP contribution in [0.3, 0.4) is 0 Å². The molecule has 0 fully saturated rings. The fraction of sp³-hybridized carbons (Fsp3) is 0.125. The van der Waals surface area contributed by atoms with Crippen LogP contribution < -0.4 is 21.2 Å². The zero-order valence-corrected chi connectivity index (χ0v) is 26.3. The van der Waals surface area contributed by atoms with Gasteiger partial charge >= 0.3 is 0 Å². The maximum Gasteiger partial charge on any atom is 0.0599 e. The number of hydrogen-bond acceptors (Lipinski definition) is 1. The highest BCUT2D eigenvalue weighted by atomic mass is 35.5. The van der Waals surface area contributed by atoms with Crippen molar-refractivity contribution in [2.75, 3.05) is 7.05 Å². The van der Waals surface area contributed by atoms with Gasteiger partial charge in [-0.05, 0) is 72.7 Å². The fourth-order valence-electron chi connectivity index (χ4n) is 4.88. The lowest BCUT2D eigenvalue weighted by Crippen LogP contribution is -2.37. The van der Waals surface area contributed by atoms with Gasteiger partial charge in [0.1, 0.15) is 0 Å². The largest absolute Gasteiger partial charge is 0.274 e. The van der Waals surface area contributed by atoms with Crippen molar-refractivity contribution in [1.82, 2.24) is 4.67 Å². The Morgan fingerprint density at radius 3 is 1.59 bits per heavy atom. The summed E-state index contributed by atoms with van der Waals surface area (Å²) in [5.74, 6) is 0.233. The molecule has 1 unspecified atom stereocenters. The van der Waals surface area contributed by atoms with Crippen molar-refractivity contribution in [3.05, 3.63) is 141 Å². The minimum atomic E-state index is -0.978. The van der Waals surface area contributed by atoms with Gasteiger partial charge in [0, 0.05) is 20.0 Å². The lowest BCUT2D eigenvalue weighted by atomic mass is 10.0. The Labute approximate surface area is 253 Å². The maximum atomic E-state index is 6.51. The van der Waals surface area contributed by atoms with Crippen LogP contribution in [0.5, 0.6) is 0 Å². The Morgan fingerprint density at radius 1 is 0.641 bits per heavy atom. The number of rotatable bonds is 8. The van der Waals surface area contributed by atoms with E-state index >= 15 is 0 Å². The van der Waals surface area contributed by atoms with Gasteiger partial charge in [0.2, 0.25) is 0 Å². The zero-order chi connectivity index (χ0) is 27.5. The molecule has 0 spiro atoms. The van der Waals surface area contributed by atoms with Crippen LogP contribution in [0.2, 0.25) is 20.1 Å². The Balaban J connectivity index is 1.54. The maximum absolute atomic E-state index is 6.51. The van der Waals surface area contributed by atoms with Crippen LogP contribution in [-0.2, 0) is 0 Å². The highest BCUT2D eigenvalue weighted by Gasteiger charge is 2.34. The fourth-order valence-corrected chi connectivity index (χ4v) is 10.8. The summed E-state index contributed by atoms with van der Waals surface area (Å²) in [6.07, 6.45) is 6.88. The standard InChI is InChI=1S/C32H27Cl4NP2/c1-22(27-14-9-15-32(27)38(23-10-5-3-6-11-23)24-12-7-4-8-13-24)37(2)39(25-16-18-28(33)30(35)20-25)26-17-19-29(34)31(36)21-26/h3-22,27H,1-2H3/t22-,27?/m1/s1. The summed E-state index contributed by atoms with van der Waals surface area (Å²) < 4.78 is 2.46. The van der Waals surface area contributed by atoms with E-state index in [1.165, 1.54) is 15.9 Å². The summed E-state index contributed by atoms with van der Waals surface area (Å²) in [6, 6.07) is 33.7. The summed E-state index contributed by atoms with van der Waals surface area (Å²) in [5.41, 5.74) is 0. The van der Waals surface area contributed by atoms with Crippen molar-refractivity contribution in [2.24, 2.45) is 5.92 Å². The van der Waals surface area contributed by atoms with Gasteiger partial charge in [0.25, 0.3) is 0 Å². The Hall–Kier alpha value is -1.66. The molecule has 0 aliphatic heterocycles. The molecule has 4 aromatic rings. The summed E-state index contributed by atoms with van der Waals surface area (Å²) in [5, 5.41) is 8.53. The van der Waals surface area contributed by atoms with E-state index in [9.17, 15) is 0 Å². The van der Waals surface area contributed by atoms with Crippen molar-refractivity contribution in [3.63, 3.8) is 0 Å². The number of nitrogens with zero attached hydrogens (tertiary/aromatic N) is 1. The molecule has 39 heavy (non-hydrogen) atoms. The number of halogens is 4. The normalized spacial score (nSPS) is 15.8. The van der Waals surface area contributed by atoms with Gasteiger partial charge in [-0.15, -0.1) is 0 Å². The number of hydrogen-bond donors (Lipinski definition) is 0. The summed E-state index contributed by atoms with van der Waals surface area (Å²) in [7, 11) is 0.521. The minimum Gasteiger partial charge on any atom is -0.274 e. The van der Waals surface area contributed by atoms with Gasteiger partial charge in [-0.1, -0.05) is 137 Å². The molecular weight excluding hydrogens is 602 g/mol. The Bertz CT molecular complexity index is 1420. The van der Waals surface area contributed by atoms with Gasteiger partial charge in [0.05, 0.1) is 20.1 Å². The van der Waals surface area contributed by atoms with Crippen LogP contribution in [0.1, 0.15) is 6.92 Å². The second kappa shape index (κ2) is 12.9. The molecule has 0 saturated carbocycles. The van der Waals surface area contributed by atoms with Crippen molar-refractivity contribution < 1.29 is 0 Å². The molecule has 0 radical (unpaired) electrons. The molecule has 2 atom stereocenters. The molecule has 1 aliphatic carbocycles. The molecule has 1 nitrogen and oxygen atoms in total. The lowest BCUT2D eigenvalue weighted by Gasteiger charge is -2.38. The zero-order valence-electron chi connectivity index (χ0n) is 21.5. The monoisotopic (exact) mass is 627 g/mol. The van der Waals surface area contributed by atoms with Crippen LogP contribution in [0.25, 0.3) is 0 Å². The highest BCUT2D eigenvalue weighted by Crippen LogP contribution is 2.52. The van der Waals surface area contributed by atoms with E-state index in [0.29, 0.717) is 20.1 Å². The molecule has 1 aliphatic rings. The molecule has 0 N–H and O–H groups in total. The van der Waals surface area contributed by atoms with Crippen molar-refractivity contribution >= 4 is 83.6 Å². The van der Waals surface area contributed by atoms with Gasteiger partial charge in [-0.2, -0.15) is 0 Å². The SMILES string of the molecule is C[C@H](C1C=CC=C1P(c1ccccc1)c1ccccc1)N(C)P(c1ccc(Cl)c(Cl)c1)c1ccc(Cl)c(Cl)c1. The van der Waals surface area contributed by atoms with Crippen molar-refractivity contribution in [3.8, 4) is 0 Å². The van der Waals surface area contributed by atoms with E-state index in [-0.39, 0.29) is 12.0 Å². The molecule has 0 amide bonds. The van der Waals surface area contributed by atoms with Crippen LogP contribution in [0, 0.1) is 5.92 Å². The molecule has 0 bridgehead atoms. The predicted octanol–water partition coefficient (Wildman–Crippen LogP) is 9.17. The van der Waals surface area contributed by atoms with Crippen LogP contribution in [0.4, 0.5) is 0 Å². The third kappa shape index (κ3) is 6.32. The molecule has 5 rings (SSSR count). The average Bonchev–Trinajstić information content (AvgIpc) is 3.43. The predicted molar refractivity (Wildman–Crippen MR) is 176 cm³/mol. The molecule has 7 heteroatoms. The first kappa shape index (κ1) is 28.9. The molecular formula is C32H27Cl4NP2. The van der Waals surface area contributed by atoms with Crippen LogP contribution >= 0.6 is 62.4 Å². The third-order valence-electron chi connectivity index (χ3n) is 6.93. The molecule has 198 valence electrons. The van der Waals surface area contributed by atoms with Gasteiger partial charge < -0.3 is 0 Å². The average molecular weight is 629 g/mol. The first-order valence-corrected chi connectivity index (χ1v) is 16.7. The minimum absolute atomic E-state index is 0.183. The number of benzene rings is 4. The van der Waals surface area contributed by atoms with Gasteiger partial charge in [0.15, 0.2) is 0 Å². The lowest BCUT2D eigenvalue weighted by molar-refractivity contribution is 0.381. The van der Waals surface area contributed by atoms with Crippen LogP contribution in [0.15, 0.2) is 121 Å². The smallest absolute Gasteiger partial charge is 0.0599 e. The second-order valence-electron chi connectivity index (χ2n) is 9.33. The van der Waals surface area contributed by atoms with E-state index in [0.717, 1.165) is 10.6 Å². The molecule has 0 aromatic heterocycles. The van der Waals surface area contributed by atoms with E-state index in [4.69, 9.17) is 46.4 Å². The second-order valence-corrected chi connectivity index (χ2v) is 15.5. The quantitative estimate of drug-likeness (QED) is 0.176. The van der Waals surface area contributed by atoms with Gasteiger partial charge in [-0.25, -0.2) is 0 Å². The van der Waals surface area contributed by atoms with E-state index in [2.05, 4.69) is 110 Å². The Morgan fingerprint density at radius 2 is 1.13 bits per heavy atom. The summed E-state index contributed by atoms with van der Waals surface area (Å²) >= 11 is 25.6. The molecule has 0 saturated heterocycles. The van der Waals surface area contributed by atoms with E-state index < -0.39 is 16.0 Å². The number of allylic oxidation sites excluding steroid dienone is 2. The first-order chi connectivity index (χ1) is 18.8. The van der Waals surface area contributed by atoms with Crippen molar-refractivity contribution in [1.29, 1.82) is 0 Å². The molecule has 0 heterocycles. The van der Waals surface area contributed by atoms with Gasteiger partial charge in [-0.3, -0.25) is 4.67 Å². The topological polar surface area (TPSA) is 3.24 Å².